The van der Waals surface area contributed by atoms with Crippen LogP contribution in [-0.4, -0.2) is 21.8 Å². The van der Waals surface area contributed by atoms with Crippen molar-refractivity contribution in [1.82, 2.24) is 4.98 Å². The molecule has 1 aromatic heterocycles. The van der Waals surface area contributed by atoms with Crippen molar-refractivity contribution < 1.29 is 14.7 Å². The normalized spacial score (nSPS) is 17.9. The zero-order valence-corrected chi connectivity index (χ0v) is 18.3. The van der Waals surface area contributed by atoms with Crippen LogP contribution < -0.4 is 4.90 Å². The molecule has 0 saturated heterocycles. The minimum atomic E-state index is -1.94. The molecule has 3 aromatic rings. The number of fused-ring (bicyclic) bond motifs is 1. The Bertz CT molecular complexity index is 1150. The Morgan fingerprint density at radius 3 is 2.67 bits per heavy atom. The Kier molecular flexibility index (Phi) is 5.30. The van der Waals surface area contributed by atoms with Gasteiger partial charge in [0.2, 0.25) is 0 Å². The van der Waals surface area contributed by atoms with E-state index in [9.17, 15) is 14.7 Å². The van der Waals surface area contributed by atoms with E-state index < -0.39 is 11.5 Å². The van der Waals surface area contributed by atoms with Gasteiger partial charge in [-0.15, -0.1) is 0 Å². The first-order valence-electron chi connectivity index (χ1n) is 9.64. The van der Waals surface area contributed by atoms with Crippen molar-refractivity contribution in [2.45, 2.75) is 32.4 Å². The quantitative estimate of drug-likeness (QED) is 0.565. The smallest absolute Gasteiger partial charge is 0.264 e. The first-order valence-corrected chi connectivity index (χ1v) is 10.4. The number of ketones is 1. The molecule has 0 aliphatic carbocycles. The molecule has 1 N–H and O–H groups in total. The highest BCUT2D eigenvalue weighted by molar-refractivity contribution is 9.10. The molecule has 0 fully saturated rings. The van der Waals surface area contributed by atoms with Crippen LogP contribution in [0.25, 0.3) is 0 Å². The lowest BCUT2D eigenvalue weighted by atomic mass is 9.89. The molecule has 1 aliphatic heterocycles. The summed E-state index contributed by atoms with van der Waals surface area (Å²) < 4.78 is 0.728. The molecule has 0 spiro atoms. The first-order chi connectivity index (χ1) is 14.3. The molecule has 1 aliphatic rings. The van der Waals surface area contributed by atoms with Gasteiger partial charge in [0, 0.05) is 16.2 Å². The number of halogens is 1. The van der Waals surface area contributed by atoms with Gasteiger partial charge in [-0.1, -0.05) is 45.8 Å². The van der Waals surface area contributed by atoms with E-state index in [4.69, 9.17) is 0 Å². The van der Waals surface area contributed by atoms with Gasteiger partial charge < -0.3 is 10.0 Å². The number of pyridine rings is 1. The van der Waals surface area contributed by atoms with Crippen molar-refractivity contribution in [2.24, 2.45) is 0 Å². The summed E-state index contributed by atoms with van der Waals surface area (Å²) in [4.78, 5) is 31.9. The van der Waals surface area contributed by atoms with E-state index in [0.717, 1.165) is 21.2 Å². The molecular formula is C24H21BrN2O3. The Hall–Kier alpha value is -2.83. The third-order valence-corrected chi connectivity index (χ3v) is 5.99. The Morgan fingerprint density at radius 2 is 1.93 bits per heavy atom. The predicted octanol–water partition coefficient (Wildman–Crippen LogP) is 4.47. The number of carbonyl (C=O) groups excluding carboxylic acids is 2. The van der Waals surface area contributed by atoms with Gasteiger partial charge >= 0.3 is 0 Å². The number of anilines is 1. The third kappa shape index (κ3) is 3.57. The molecule has 2 heterocycles. The molecule has 1 amide bonds. The molecule has 6 heteroatoms. The van der Waals surface area contributed by atoms with Crippen LogP contribution in [0.1, 0.15) is 39.2 Å². The molecule has 2 aromatic carbocycles. The van der Waals surface area contributed by atoms with E-state index in [2.05, 4.69) is 20.9 Å². The van der Waals surface area contributed by atoms with E-state index in [1.807, 2.05) is 38.1 Å². The van der Waals surface area contributed by atoms with Crippen LogP contribution in [-0.2, 0) is 16.9 Å². The second kappa shape index (κ2) is 7.78. The number of amides is 1. The van der Waals surface area contributed by atoms with Crippen LogP contribution in [0.15, 0.2) is 65.3 Å². The van der Waals surface area contributed by atoms with Gasteiger partial charge in [0.1, 0.15) is 5.69 Å². The Labute approximate surface area is 183 Å². The number of Topliss-reactive ketones (excluding diaryl/α,β-unsaturated/α-hetero) is 1. The highest BCUT2D eigenvalue weighted by atomic mass is 79.9. The second-order valence-corrected chi connectivity index (χ2v) is 8.57. The zero-order chi connectivity index (χ0) is 21.5. The summed E-state index contributed by atoms with van der Waals surface area (Å²) in [5.74, 6) is -0.883. The summed E-state index contributed by atoms with van der Waals surface area (Å²) in [5.41, 5.74) is 2.48. The van der Waals surface area contributed by atoms with Gasteiger partial charge in [-0.25, -0.2) is 0 Å². The van der Waals surface area contributed by atoms with Crippen LogP contribution in [0.2, 0.25) is 0 Å². The minimum Gasteiger partial charge on any atom is -0.375 e. The average molecular weight is 465 g/mol. The summed E-state index contributed by atoms with van der Waals surface area (Å²) in [5, 5.41) is 11.5. The van der Waals surface area contributed by atoms with Gasteiger partial charge in [0.05, 0.1) is 18.7 Å². The fourth-order valence-corrected chi connectivity index (χ4v) is 4.20. The molecule has 152 valence electrons. The number of nitrogens with zero attached hydrogens (tertiary/aromatic N) is 2. The number of aromatic nitrogens is 1. The maximum Gasteiger partial charge on any atom is 0.264 e. The maximum absolute atomic E-state index is 13.5. The van der Waals surface area contributed by atoms with Crippen molar-refractivity contribution in [3.8, 4) is 0 Å². The molecule has 5 nitrogen and oxygen atoms in total. The topological polar surface area (TPSA) is 70.5 Å². The number of hydrogen-bond acceptors (Lipinski definition) is 4. The second-order valence-electron chi connectivity index (χ2n) is 7.66. The van der Waals surface area contributed by atoms with Crippen molar-refractivity contribution in [3.05, 3.63) is 93.2 Å². The van der Waals surface area contributed by atoms with Crippen LogP contribution in [0.5, 0.6) is 0 Å². The van der Waals surface area contributed by atoms with Crippen LogP contribution in [0, 0.1) is 13.8 Å². The monoisotopic (exact) mass is 464 g/mol. The standard InChI is InChI=1S/C24H21BrN2O3/c1-15-6-7-16(2)17(11-15)14-27-21-9-8-18(25)12-19(21)24(30,23(27)29)13-22(28)20-5-3-4-10-26-20/h3-12,30H,13-14H2,1-2H3/t24-/m0/s1. The van der Waals surface area contributed by atoms with E-state index in [-0.39, 0.29) is 17.9 Å². The van der Waals surface area contributed by atoms with E-state index in [0.29, 0.717) is 17.8 Å². The molecule has 4 rings (SSSR count). The van der Waals surface area contributed by atoms with Gasteiger partial charge in [-0.05, 0) is 55.3 Å². The number of benzene rings is 2. The van der Waals surface area contributed by atoms with Crippen molar-refractivity contribution in [2.75, 3.05) is 4.90 Å². The zero-order valence-electron chi connectivity index (χ0n) is 16.7. The van der Waals surface area contributed by atoms with Crippen molar-refractivity contribution in [1.29, 1.82) is 0 Å². The number of aryl methyl sites for hydroxylation is 2. The van der Waals surface area contributed by atoms with Crippen LogP contribution in [0.3, 0.4) is 0 Å². The number of aliphatic hydroxyl groups is 1. The van der Waals surface area contributed by atoms with E-state index in [1.54, 1.807) is 35.2 Å². The predicted molar refractivity (Wildman–Crippen MR) is 118 cm³/mol. The van der Waals surface area contributed by atoms with E-state index in [1.165, 1.54) is 6.20 Å². The molecule has 1 atom stereocenters. The van der Waals surface area contributed by atoms with Gasteiger partial charge in [-0.2, -0.15) is 0 Å². The third-order valence-electron chi connectivity index (χ3n) is 5.49. The summed E-state index contributed by atoms with van der Waals surface area (Å²) in [7, 11) is 0. The van der Waals surface area contributed by atoms with Gasteiger partial charge in [-0.3, -0.25) is 14.6 Å². The summed E-state index contributed by atoms with van der Waals surface area (Å²) >= 11 is 3.42. The van der Waals surface area contributed by atoms with Crippen LogP contribution in [0.4, 0.5) is 5.69 Å². The first kappa shape index (κ1) is 20.4. The fourth-order valence-electron chi connectivity index (χ4n) is 3.84. The highest BCUT2D eigenvalue weighted by Crippen LogP contribution is 2.44. The lowest BCUT2D eigenvalue weighted by Crippen LogP contribution is -2.41. The van der Waals surface area contributed by atoms with Crippen molar-refractivity contribution >= 4 is 33.3 Å². The lowest BCUT2D eigenvalue weighted by Gasteiger charge is -2.23. The number of carbonyl (C=O) groups is 2. The van der Waals surface area contributed by atoms with Gasteiger partial charge in [0.15, 0.2) is 11.4 Å². The summed E-state index contributed by atoms with van der Waals surface area (Å²) in [6.45, 7) is 4.32. The van der Waals surface area contributed by atoms with E-state index >= 15 is 0 Å². The fraction of sp³-hybridized carbons (Fsp3) is 0.208. The number of rotatable bonds is 5. The Morgan fingerprint density at radius 1 is 1.13 bits per heavy atom. The summed E-state index contributed by atoms with van der Waals surface area (Å²) in [6, 6.07) is 16.4. The maximum atomic E-state index is 13.5. The molecule has 0 unspecified atom stereocenters. The lowest BCUT2D eigenvalue weighted by molar-refractivity contribution is -0.136. The number of hydrogen-bond donors (Lipinski definition) is 1. The minimum absolute atomic E-state index is 0.225. The summed E-state index contributed by atoms with van der Waals surface area (Å²) in [6.07, 6.45) is 1.15. The molecule has 0 saturated carbocycles. The average Bonchev–Trinajstić information content (AvgIpc) is 2.93. The van der Waals surface area contributed by atoms with Gasteiger partial charge in [0.25, 0.3) is 5.91 Å². The largest absolute Gasteiger partial charge is 0.375 e. The molecular weight excluding hydrogens is 444 g/mol. The molecule has 30 heavy (non-hydrogen) atoms. The molecule has 0 bridgehead atoms. The Balaban J connectivity index is 1.74. The SMILES string of the molecule is Cc1ccc(C)c(CN2C(=O)[C@](O)(CC(=O)c3ccccn3)c3cc(Br)ccc32)c1. The van der Waals surface area contributed by atoms with Crippen molar-refractivity contribution in [3.63, 3.8) is 0 Å². The van der Waals surface area contributed by atoms with Crippen LogP contribution >= 0.6 is 15.9 Å². The highest BCUT2D eigenvalue weighted by Gasteiger charge is 2.51. The molecule has 0 radical (unpaired) electrons.